The van der Waals surface area contributed by atoms with Crippen molar-refractivity contribution in [2.45, 2.75) is 93.9 Å². The summed E-state index contributed by atoms with van der Waals surface area (Å²) in [7, 11) is 0. The summed E-state index contributed by atoms with van der Waals surface area (Å²) in [6.45, 7) is 27.9. The summed E-state index contributed by atoms with van der Waals surface area (Å²) in [5.41, 5.74) is 17.6. The van der Waals surface area contributed by atoms with Gasteiger partial charge in [-0.05, 0) is 114 Å². The van der Waals surface area contributed by atoms with Crippen LogP contribution in [0.4, 0.5) is 0 Å². The molecule has 0 nitrogen and oxygen atoms in total. The lowest BCUT2D eigenvalue weighted by Gasteiger charge is -2.28. The minimum absolute atomic E-state index is 0.0913. The van der Waals surface area contributed by atoms with Gasteiger partial charge in [0.25, 0.3) is 0 Å². The molecule has 0 amide bonds. The van der Waals surface area contributed by atoms with Crippen molar-refractivity contribution in [3.05, 3.63) is 145 Å². The van der Waals surface area contributed by atoms with Gasteiger partial charge in [-0.2, -0.15) is 0 Å². The van der Waals surface area contributed by atoms with Gasteiger partial charge in [0.1, 0.15) is 0 Å². The van der Waals surface area contributed by atoms with Gasteiger partial charge in [-0.15, -0.1) is 0 Å². The Balaban J connectivity index is 1.84. The van der Waals surface area contributed by atoms with Gasteiger partial charge in [-0.1, -0.05) is 159 Å². The highest BCUT2D eigenvalue weighted by Gasteiger charge is 2.32. The van der Waals surface area contributed by atoms with Crippen LogP contribution in [0.5, 0.6) is 0 Å². The topological polar surface area (TPSA) is 0 Å². The van der Waals surface area contributed by atoms with Crippen LogP contribution in [0.2, 0.25) is 0 Å². The smallest absolute Gasteiger partial charge is 0.000195 e. The second kappa shape index (κ2) is 11.1. The van der Waals surface area contributed by atoms with Gasteiger partial charge < -0.3 is 0 Å². The molecule has 46 heavy (non-hydrogen) atoms. The van der Waals surface area contributed by atoms with Crippen molar-refractivity contribution in [1.29, 1.82) is 0 Å². The zero-order valence-electron chi connectivity index (χ0n) is 30.2. The highest BCUT2D eigenvalue weighted by atomic mass is 14.4. The molecule has 236 valence electrons. The van der Waals surface area contributed by atoms with Crippen molar-refractivity contribution in [3.63, 3.8) is 0 Å². The van der Waals surface area contributed by atoms with E-state index in [2.05, 4.69) is 174 Å². The fourth-order valence-corrected chi connectivity index (χ4v) is 7.29. The summed E-state index contributed by atoms with van der Waals surface area (Å²) in [4.78, 5) is 0. The van der Waals surface area contributed by atoms with Crippen LogP contribution in [0.25, 0.3) is 28.3 Å². The lowest BCUT2D eigenvalue weighted by molar-refractivity contribution is 0.516. The third-order valence-electron chi connectivity index (χ3n) is 9.96. The van der Waals surface area contributed by atoms with E-state index in [0.29, 0.717) is 5.92 Å². The lowest BCUT2D eigenvalue weighted by atomic mass is 9.75. The molecule has 0 saturated heterocycles. The molecule has 0 radical (unpaired) electrons. The van der Waals surface area contributed by atoms with Crippen LogP contribution >= 0.6 is 0 Å². The monoisotopic (exact) mass is 604 g/mol. The number of benzene rings is 4. The van der Waals surface area contributed by atoms with Crippen LogP contribution in [-0.4, -0.2) is 0 Å². The molecule has 2 aliphatic rings. The van der Waals surface area contributed by atoms with Gasteiger partial charge in [0, 0.05) is 5.92 Å². The molecular weight excluding hydrogens is 553 g/mol. The number of fused-ring (bicyclic) bond motifs is 3. The lowest BCUT2D eigenvalue weighted by Crippen LogP contribution is -2.33. The molecule has 2 aliphatic carbocycles. The highest BCUT2D eigenvalue weighted by molar-refractivity contribution is 5.92. The Morgan fingerprint density at radius 2 is 1.15 bits per heavy atom. The molecule has 0 fully saturated rings. The summed E-state index contributed by atoms with van der Waals surface area (Å²) in [5, 5.41) is 2.72. The van der Waals surface area contributed by atoms with Crippen LogP contribution in [0.1, 0.15) is 114 Å². The first-order valence-electron chi connectivity index (χ1n) is 17.1. The van der Waals surface area contributed by atoms with E-state index < -0.39 is 0 Å². The number of allylic oxidation sites excluding steroid dienone is 4. The van der Waals surface area contributed by atoms with Gasteiger partial charge in [-0.3, -0.25) is 0 Å². The van der Waals surface area contributed by atoms with Crippen LogP contribution in [-0.2, 0) is 10.8 Å². The average Bonchev–Trinajstić information content (AvgIpc) is 3.53. The van der Waals surface area contributed by atoms with Gasteiger partial charge in [0.15, 0.2) is 0 Å². The van der Waals surface area contributed by atoms with E-state index in [9.17, 15) is 0 Å². The number of hydrogen-bond acceptors (Lipinski definition) is 0. The van der Waals surface area contributed by atoms with E-state index in [1.54, 1.807) is 0 Å². The molecule has 6 rings (SSSR count). The molecule has 0 saturated carbocycles. The Morgan fingerprint density at radius 3 is 1.63 bits per heavy atom. The summed E-state index contributed by atoms with van der Waals surface area (Å²) < 4.78 is 0. The SMILES string of the molecule is Cc1ccc(C(c2ccc(C)cc2)=c2cc3c(c(C4=CC(C(C)(C)C)=CC4C)c2C(C)(C)C)=Cc2cc(C(C)(C)C)ccc2-3)cc1. The Labute approximate surface area is 278 Å². The van der Waals surface area contributed by atoms with Crippen LogP contribution < -0.4 is 10.4 Å². The first-order chi connectivity index (χ1) is 21.4. The van der Waals surface area contributed by atoms with E-state index in [1.807, 2.05) is 0 Å². The fraction of sp³-hybridized carbons (Fsp3) is 0.348. The molecule has 0 bridgehead atoms. The van der Waals surface area contributed by atoms with Crippen molar-refractivity contribution < 1.29 is 0 Å². The van der Waals surface area contributed by atoms with Crippen molar-refractivity contribution in [1.82, 2.24) is 0 Å². The van der Waals surface area contributed by atoms with E-state index in [-0.39, 0.29) is 16.2 Å². The van der Waals surface area contributed by atoms with Crippen molar-refractivity contribution in [2.24, 2.45) is 11.3 Å². The van der Waals surface area contributed by atoms with Gasteiger partial charge in [0.05, 0.1) is 0 Å². The third-order valence-corrected chi connectivity index (χ3v) is 9.96. The third kappa shape index (κ3) is 5.77. The average molecular weight is 605 g/mol. The predicted molar refractivity (Wildman–Crippen MR) is 201 cm³/mol. The molecule has 0 spiro atoms. The largest absolute Gasteiger partial charge is 0.0735 e. The molecule has 0 N–H and O–H groups in total. The van der Waals surface area contributed by atoms with Gasteiger partial charge in [0.2, 0.25) is 0 Å². The molecule has 0 heteroatoms. The molecule has 1 atom stereocenters. The molecular formula is C46H52. The Kier molecular flexibility index (Phi) is 7.75. The Hall–Kier alpha value is -3.90. The second-order valence-electron chi connectivity index (χ2n) is 16.9. The normalized spacial score (nSPS) is 16.0. The maximum Gasteiger partial charge on any atom is 0.000195 e. The number of hydrogen-bond donors (Lipinski definition) is 0. The Morgan fingerprint density at radius 1 is 0.587 bits per heavy atom. The summed E-state index contributed by atoms with van der Waals surface area (Å²) in [5.74, 6) is 0.333. The zero-order chi connectivity index (χ0) is 33.3. The number of rotatable bonds is 3. The van der Waals surface area contributed by atoms with E-state index in [1.165, 1.54) is 82.8 Å². The van der Waals surface area contributed by atoms with Crippen LogP contribution in [0, 0.1) is 25.2 Å². The quantitative estimate of drug-likeness (QED) is 0.192. The van der Waals surface area contributed by atoms with Crippen LogP contribution in [0.15, 0.2) is 90.5 Å². The second-order valence-corrected chi connectivity index (χ2v) is 16.9. The minimum Gasteiger partial charge on any atom is -0.0735 e. The molecule has 4 aromatic carbocycles. The van der Waals surface area contributed by atoms with Gasteiger partial charge >= 0.3 is 0 Å². The maximum absolute atomic E-state index is 2.53. The first-order valence-corrected chi connectivity index (χ1v) is 17.1. The van der Waals surface area contributed by atoms with Crippen molar-refractivity contribution >= 4 is 17.2 Å². The summed E-state index contributed by atoms with van der Waals surface area (Å²) >= 11 is 0. The van der Waals surface area contributed by atoms with Crippen molar-refractivity contribution in [2.75, 3.05) is 0 Å². The maximum atomic E-state index is 2.53. The van der Waals surface area contributed by atoms with E-state index in [0.717, 1.165) is 0 Å². The van der Waals surface area contributed by atoms with Gasteiger partial charge in [-0.25, -0.2) is 0 Å². The summed E-state index contributed by atoms with van der Waals surface area (Å²) in [6.07, 6.45) is 7.52. The summed E-state index contributed by atoms with van der Waals surface area (Å²) in [6, 6.07) is 28.0. The molecule has 1 unspecified atom stereocenters. The number of aryl methyl sites for hydroxylation is 2. The zero-order valence-corrected chi connectivity index (χ0v) is 30.2. The highest BCUT2D eigenvalue weighted by Crippen LogP contribution is 2.43. The minimum atomic E-state index is -0.107. The molecule has 0 heterocycles. The fourth-order valence-electron chi connectivity index (χ4n) is 7.29. The molecule has 0 aromatic heterocycles. The molecule has 0 aliphatic heterocycles. The Bertz CT molecular complexity index is 1970. The van der Waals surface area contributed by atoms with E-state index >= 15 is 0 Å². The standard InChI is InChI=1S/C46H52/c1-28-13-17-31(18-14-28)41(32-19-15-29(2)16-20-32)40-27-38-36-22-21-34(44(4,5)6)24-33(36)25-39(38)42(43(40)46(10,11)12)37-26-35(23-30(37)3)45(7,8)9/h13-27,30H,1-12H3. The first kappa shape index (κ1) is 32.1. The van der Waals surface area contributed by atoms with E-state index in [4.69, 9.17) is 0 Å². The van der Waals surface area contributed by atoms with Crippen LogP contribution in [0.3, 0.4) is 0 Å². The molecule has 4 aromatic rings. The van der Waals surface area contributed by atoms with Crippen molar-refractivity contribution in [3.8, 4) is 11.1 Å². The predicted octanol–water partition coefficient (Wildman–Crippen LogP) is 11.0.